The molecule has 2 aromatic rings. The Labute approximate surface area is 131 Å². The third kappa shape index (κ3) is 4.34. The number of rotatable bonds is 5. The molecule has 21 heavy (non-hydrogen) atoms. The molecule has 0 saturated heterocycles. The van der Waals surface area contributed by atoms with Crippen molar-refractivity contribution in [2.75, 3.05) is 0 Å². The van der Waals surface area contributed by atoms with Crippen LogP contribution in [-0.4, -0.2) is 16.9 Å². The van der Waals surface area contributed by atoms with Gasteiger partial charge in [-0.25, -0.2) is 0 Å². The average molecular weight is 321 g/mol. The second-order valence-corrected chi connectivity index (χ2v) is 6.06. The fraction of sp³-hybridized carbons (Fsp3) is 0.125. The quantitative estimate of drug-likeness (QED) is 0.833. The molecular weight excluding hydrogens is 308 g/mol. The van der Waals surface area contributed by atoms with Gasteiger partial charge in [0, 0.05) is 20.4 Å². The molecule has 3 nitrogen and oxygen atoms in total. The maximum atomic E-state index is 11.8. The number of carboxylic acids is 1. The monoisotopic (exact) mass is 320 g/mol. The van der Waals surface area contributed by atoms with Gasteiger partial charge < -0.3 is 5.11 Å². The molecule has 108 valence electrons. The summed E-state index contributed by atoms with van der Waals surface area (Å²) in [5.74, 6) is -0.999. The molecule has 0 unspecified atom stereocenters. The minimum atomic E-state index is -0.914. The van der Waals surface area contributed by atoms with Crippen LogP contribution in [0.5, 0.6) is 0 Å². The average Bonchev–Trinajstić information content (AvgIpc) is 2.42. The third-order valence-electron chi connectivity index (χ3n) is 2.82. The zero-order chi connectivity index (χ0) is 15.4. The second kappa shape index (κ2) is 6.78. The molecule has 2 rings (SSSR count). The van der Waals surface area contributed by atoms with Crippen molar-refractivity contribution in [2.45, 2.75) is 23.1 Å². The highest BCUT2D eigenvalue weighted by Gasteiger charge is 2.11. The van der Waals surface area contributed by atoms with Crippen LogP contribution in [0.1, 0.15) is 22.8 Å². The summed E-state index contributed by atoms with van der Waals surface area (Å²) in [7, 11) is 0. The third-order valence-corrected chi connectivity index (χ3v) is 4.16. The first-order valence-corrected chi connectivity index (χ1v) is 7.44. The van der Waals surface area contributed by atoms with Crippen LogP contribution in [0, 0.1) is 0 Å². The van der Waals surface area contributed by atoms with Crippen LogP contribution in [-0.2, 0) is 11.2 Å². The first-order valence-electron chi connectivity index (χ1n) is 6.25. The van der Waals surface area contributed by atoms with E-state index in [2.05, 4.69) is 0 Å². The number of aliphatic carboxylic acids is 1. The molecule has 0 heterocycles. The zero-order valence-electron chi connectivity index (χ0n) is 11.3. The number of Topliss-reactive ketones (excluding diaryl/α,β-unsaturated/α-hetero) is 1. The second-order valence-electron chi connectivity index (χ2n) is 4.51. The van der Waals surface area contributed by atoms with Crippen LogP contribution < -0.4 is 0 Å². The van der Waals surface area contributed by atoms with Crippen molar-refractivity contribution < 1.29 is 14.7 Å². The molecule has 0 fully saturated rings. The number of halogens is 1. The zero-order valence-corrected chi connectivity index (χ0v) is 12.9. The number of carbonyl (C=O) groups is 2. The Morgan fingerprint density at radius 1 is 1.14 bits per heavy atom. The Kier molecular flexibility index (Phi) is 5.04. The Morgan fingerprint density at radius 2 is 1.81 bits per heavy atom. The summed E-state index contributed by atoms with van der Waals surface area (Å²) >= 11 is 7.30. The molecule has 0 bridgehead atoms. The predicted molar refractivity (Wildman–Crippen MR) is 83.4 cm³/mol. The SMILES string of the molecule is CC(=O)c1cc(CC(=O)O)ccc1Sc1ccc(Cl)cc1. The van der Waals surface area contributed by atoms with Crippen LogP contribution in [0.2, 0.25) is 5.02 Å². The molecule has 0 amide bonds. The topological polar surface area (TPSA) is 54.4 Å². The maximum absolute atomic E-state index is 11.8. The summed E-state index contributed by atoms with van der Waals surface area (Å²) in [5, 5.41) is 9.48. The van der Waals surface area contributed by atoms with E-state index in [-0.39, 0.29) is 12.2 Å². The molecule has 0 aliphatic heterocycles. The minimum absolute atomic E-state index is 0.0845. The lowest BCUT2D eigenvalue weighted by Crippen LogP contribution is -2.03. The first-order chi connectivity index (χ1) is 9.95. The van der Waals surface area contributed by atoms with Gasteiger partial charge in [-0.05, 0) is 48.9 Å². The summed E-state index contributed by atoms with van der Waals surface area (Å²) in [6.07, 6.45) is -0.0911. The van der Waals surface area contributed by atoms with Crippen molar-refractivity contribution in [3.05, 3.63) is 58.6 Å². The van der Waals surface area contributed by atoms with E-state index in [1.807, 2.05) is 12.1 Å². The van der Waals surface area contributed by atoms with E-state index in [9.17, 15) is 9.59 Å². The van der Waals surface area contributed by atoms with Gasteiger partial charge in [0.1, 0.15) is 0 Å². The summed E-state index contributed by atoms with van der Waals surface area (Å²) in [6, 6.07) is 12.5. The van der Waals surface area contributed by atoms with Gasteiger partial charge in [0.25, 0.3) is 0 Å². The van der Waals surface area contributed by atoms with E-state index in [1.165, 1.54) is 18.7 Å². The molecule has 0 radical (unpaired) electrons. The van der Waals surface area contributed by atoms with Gasteiger partial charge in [-0.15, -0.1) is 0 Å². The summed E-state index contributed by atoms with van der Waals surface area (Å²) in [4.78, 5) is 24.3. The highest BCUT2D eigenvalue weighted by atomic mass is 35.5. The van der Waals surface area contributed by atoms with E-state index in [1.54, 1.807) is 30.3 Å². The standard InChI is InChI=1S/C16H13ClO3S/c1-10(18)14-8-11(9-16(19)20)2-7-15(14)21-13-5-3-12(17)4-6-13/h2-8H,9H2,1H3,(H,19,20). The first kappa shape index (κ1) is 15.6. The van der Waals surface area contributed by atoms with E-state index >= 15 is 0 Å². The Hall–Kier alpha value is -1.78. The van der Waals surface area contributed by atoms with Crippen molar-refractivity contribution in [3.8, 4) is 0 Å². The molecular formula is C16H13ClO3S. The highest BCUT2D eigenvalue weighted by molar-refractivity contribution is 7.99. The smallest absolute Gasteiger partial charge is 0.307 e. The number of carboxylic acid groups (broad SMARTS) is 1. The van der Waals surface area contributed by atoms with E-state index in [4.69, 9.17) is 16.7 Å². The van der Waals surface area contributed by atoms with E-state index in [0.29, 0.717) is 16.1 Å². The van der Waals surface area contributed by atoms with Gasteiger partial charge in [0.15, 0.2) is 5.78 Å². The van der Waals surface area contributed by atoms with Crippen molar-refractivity contribution in [1.29, 1.82) is 0 Å². The van der Waals surface area contributed by atoms with Gasteiger partial charge in [-0.3, -0.25) is 9.59 Å². The highest BCUT2D eigenvalue weighted by Crippen LogP contribution is 2.32. The fourth-order valence-electron chi connectivity index (χ4n) is 1.86. The lowest BCUT2D eigenvalue weighted by Gasteiger charge is -2.09. The molecule has 0 aromatic heterocycles. The fourth-order valence-corrected chi connectivity index (χ4v) is 2.96. The normalized spacial score (nSPS) is 10.4. The Bertz CT molecular complexity index is 680. The molecule has 1 N–H and O–H groups in total. The maximum Gasteiger partial charge on any atom is 0.307 e. The Morgan fingerprint density at radius 3 is 2.38 bits per heavy atom. The predicted octanol–water partition coefficient (Wildman–Crippen LogP) is 4.32. The lowest BCUT2D eigenvalue weighted by atomic mass is 10.1. The van der Waals surface area contributed by atoms with E-state index < -0.39 is 5.97 Å². The number of benzene rings is 2. The molecule has 0 spiro atoms. The van der Waals surface area contributed by atoms with Crippen molar-refractivity contribution >= 4 is 35.1 Å². The largest absolute Gasteiger partial charge is 0.481 e. The van der Waals surface area contributed by atoms with Gasteiger partial charge in [0.05, 0.1) is 6.42 Å². The van der Waals surface area contributed by atoms with Gasteiger partial charge >= 0.3 is 5.97 Å². The molecule has 5 heteroatoms. The molecule has 0 saturated carbocycles. The van der Waals surface area contributed by atoms with Crippen LogP contribution in [0.3, 0.4) is 0 Å². The van der Waals surface area contributed by atoms with Crippen LogP contribution >= 0.6 is 23.4 Å². The van der Waals surface area contributed by atoms with Crippen LogP contribution in [0.15, 0.2) is 52.3 Å². The van der Waals surface area contributed by atoms with E-state index in [0.717, 1.165) is 9.79 Å². The molecule has 0 atom stereocenters. The number of carbonyl (C=O) groups excluding carboxylic acids is 1. The molecule has 0 aliphatic rings. The van der Waals surface area contributed by atoms with Gasteiger partial charge in [-0.2, -0.15) is 0 Å². The Balaban J connectivity index is 2.32. The lowest BCUT2D eigenvalue weighted by molar-refractivity contribution is -0.136. The summed E-state index contributed by atoms with van der Waals surface area (Å²) in [5.41, 5.74) is 1.15. The number of hydrogen-bond donors (Lipinski definition) is 1. The number of ketones is 1. The van der Waals surface area contributed by atoms with Gasteiger partial charge in [0.2, 0.25) is 0 Å². The van der Waals surface area contributed by atoms with Crippen LogP contribution in [0.25, 0.3) is 0 Å². The summed E-state index contributed by atoms with van der Waals surface area (Å²) in [6.45, 7) is 1.48. The van der Waals surface area contributed by atoms with Crippen molar-refractivity contribution in [3.63, 3.8) is 0 Å². The van der Waals surface area contributed by atoms with Crippen molar-refractivity contribution in [1.82, 2.24) is 0 Å². The molecule has 0 aliphatic carbocycles. The van der Waals surface area contributed by atoms with Crippen LogP contribution in [0.4, 0.5) is 0 Å². The van der Waals surface area contributed by atoms with Crippen molar-refractivity contribution in [2.24, 2.45) is 0 Å². The van der Waals surface area contributed by atoms with Gasteiger partial charge in [-0.1, -0.05) is 29.4 Å². The molecule has 2 aromatic carbocycles. The number of hydrogen-bond acceptors (Lipinski definition) is 3. The summed E-state index contributed by atoms with van der Waals surface area (Å²) < 4.78 is 0. The minimum Gasteiger partial charge on any atom is -0.481 e.